The van der Waals surface area contributed by atoms with Crippen LogP contribution in [0.4, 0.5) is 11.4 Å². The number of anilines is 1. The van der Waals surface area contributed by atoms with Gasteiger partial charge in [0.05, 0.1) is 4.92 Å². The third-order valence-corrected chi connectivity index (χ3v) is 4.18. The molecule has 0 saturated carbocycles. The van der Waals surface area contributed by atoms with Crippen LogP contribution < -0.4 is 10.6 Å². The van der Waals surface area contributed by atoms with Gasteiger partial charge in [-0.15, -0.1) is 0 Å². The van der Waals surface area contributed by atoms with E-state index in [4.69, 9.17) is 0 Å². The highest BCUT2D eigenvalue weighted by Crippen LogP contribution is 2.27. The van der Waals surface area contributed by atoms with Crippen molar-refractivity contribution in [2.75, 3.05) is 5.32 Å². The van der Waals surface area contributed by atoms with Crippen molar-refractivity contribution in [3.63, 3.8) is 0 Å². The molecule has 0 radical (unpaired) electrons. The number of benzene rings is 2. The van der Waals surface area contributed by atoms with Crippen molar-refractivity contribution in [1.82, 2.24) is 5.32 Å². The van der Waals surface area contributed by atoms with Gasteiger partial charge >= 0.3 is 0 Å². The number of nitrogens with zero attached hydrogens (tertiary/aromatic N) is 1. The number of amides is 1. The normalized spacial score (nSPS) is 13.0. The Balaban J connectivity index is 2.28. The summed E-state index contributed by atoms with van der Waals surface area (Å²) in [6.45, 7) is 5.89. The van der Waals surface area contributed by atoms with Crippen molar-refractivity contribution in [2.24, 2.45) is 0 Å². The topological polar surface area (TPSA) is 84.3 Å². The minimum atomic E-state index is -0.585. The Hall–Kier alpha value is -2.73. The predicted molar refractivity (Wildman–Crippen MR) is 103 cm³/mol. The molecule has 6 heteroatoms. The van der Waals surface area contributed by atoms with Crippen LogP contribution in [0.3, 0.4) is 0 Å². The van der Waals surface area contributed by atoms with Gasteiger partial charge in [0.1, 0.15) is 11.7 Å². The Labute approximate surface area is 153 Å². The van der Waals surface area contributed by atoms with E-state index in [2.05, 4.69) is 17.6 Å². The van der Waals surface area contributed by atoms with E-state index >= 15 is 0 Å². The van der Waals surface area contributed by atoms with Gasteiger partial charge in [-0.3, -0.25) is 20.2 Å². The van der Waals surface area contributed by atoms with Gasteiger partial charge in [-0.25, -0.2) is 0 Å². The van der Waals surface area contributed by atoms with Gasteiger partial charge in [-0.2, -0.15) is 0 Å². The van der Waals surface area contributed by atoms with Crippen molar-refractivity contribution in [1.29, 1.82) is 0 Å². The third-order valence-electron chi connectivity index (χ3n) is 4.18. The standard InChI is InChI=1S/C20H25N3O3/c1-4-8-15(3)21-19(16-9-6-5-7-10-16)20(24)22-17-12-11-14(2)13-18(17)23(25)26/h5-7,9-13,15,19,21H,4,8H2,1-3H3,(H,22,24)/t15-,19-/m0/s1. The van der Waals surface area contributed by atoms with E-state index in [1.54, 1.807) is 19.1 Å². The smallest absolute Gasteiger partial charge is 0.293 e. The van der Waals surface area contributed by atoms with Crippen molar-refractivity contribution < 1.29 is 9.72 Å². The maximum atomic E-state index is 12.9. The Morgan fingerprint density at radius 1 is 1.19 bits per heavy atom. The lowest BCUT2D eigenvalue weighted by Gasteiger charge is -2.23. The molecule has 2 aromatic rings. The van der Waals surface area contributed by atoms with Crippen molar-refractivity contribution in [3.8, 4) is 0 Å². The van der Waals surface area contributed by atoms with Crippen LogP contribution in [-0.4, -0.2) is 16.9 Å². The van der Waals surface area contributed by atoms with E-state index < -0.39 is 11.0 Å². The van der Waals surface area contributed by atoms with Crippen LogP contribution in [0.15, 0.2) is 48.5 Å². The van der Waals surface area contributed by atoms with E-state index in [-0.39, 0.29) is 23.3 Å². The molecular weight excluding hydrogens is 330 g/mol. The molecule has 138 valence electrons. The second-order valence-electron chi connectivity index (χ2n) is 6.47. The van der Waals surface area contributed by atoms with E-state index in [1.165, 1.54) is 6.07 Å². The van der Waals surface area contributed by atoms with Gasteiger partial charge in [-0.05, 0) is 37.5 Å². The molecule has 2 atom stereocenters. The molecule has 0 spiro atoms. The van der Waals surface area contributed by atoms with Gasteiger partial charge < -0.3 is 5.32 Å². The first-order valence-electron chi connectivity index (χ1n) is 8.79. The number of rotatable bonds is 8. The predicted octanol–water partition coefficient (Wildman–Crippen LogP) is 4.36. The number of nitro groups is 1. The van der Waals surface area contributed by atoms with E-state index in [1.807, 2.05) is 37.3 Å². The highest BCUT2D eigenvalue weighted by molar-refractivity contribution is 5.97. The number of hydrogen-bond donors (Lipinski definition) is 2. The molecule has 2 rings (SSSR count). The van der Waals surface area contributed by atoms with Gasteiger partial charge in [0.25, 0.3) is 5.69 Å². The van der Waals surface area contributed by atoms with E-state index in [9.17, 15) is 14.9 Å². The van der Waals surface area contributed by atoms with Crippen LogP contribution in [0.25, 0.3) is 0 Å². The van der Waals surface area contributed by atoms with Crippen LogP contribution in [0.1, 0.15) is 43.9 Å². The number of hydrogen-bond acceptors (Lipinski definition) is 4. The zero-order valence-electron chi connectivity index (χ0n) is 15.4. The summed E-state index contributed by atoms with van der Waals surface area (Å²) in [4.78, 5) is 23.7. The molecule has 0 fully saturated rings. The van der Waals surface area contributed by atoms with Gasteiger partial charge in [0.2, 0.25) is 5.91 Å². The fourth-order valence-electron chi connectivity index (χ4n) is 2.87. The lowest BCUT2D eigenvalue weighted by molar-refractivity contribution is -0.384. The molecule has 0 aliphatic carbocycles. The molecule has 0 unspecified atom stereocenters. The summed E-state index contributed by atoms with van der Waals surface area (Å²) < 4.78 is 0. The summed E-state index contributed by atoms with van der Waals surface area (Å²) in [6, 6.07) is 13.7. The molecule has 0 aliphatic heterocycles. The number of nitro benzene ring substituents is 1. The van der Waals surface area contributed by atoms with Crippen LogP contribution in [0.2, 0.25) is 0 Å². The summed E-state index contributed by atoms with van der Waals surface area (Å²) in [6.07, 6.45) is 1.93. The number of carbonyl (C=O) groups is 1. The zero-order valence-corrected chi connectivity index (χ0v) is 15.4. The highest BCUT2D eigenvalue weighted by Gasteiger charge is 2.24. The lowest BCUT2D eigenvalue weighted by Crippen LogP contribution is -2.38. The van der Waals surface area contributed by atoms with Gasteiger partial charge in [0, 0.05) is 12.1 Å². The quantitative estimate of drug-likeness (QED) is 0.544. The molecule has 26 heavy (non-hydrogen) atoms. The average Bonchev–Trinajstić information content (AvgIpc) is 2.62. The molecule has 0 aliphatic rings. The monoisotopic (exact) mass is 355 g/mol. The van der Waals surface area contributed by atoms with Crippen LogP contribution in [-0.2, 0) is 4.79 Å². The number of nitrogens with one attached hydrogen (secondary N) is 2. The Kier molecular flexibility index (Phi) is 6.86. The third kappa shape index (κ3) is 5.13. The van der Waals surface area contributed by atoms with Crippen LogP contribution in [0.5, 0.6) is 0 Å². The van der Waals surface area contributed by atoms with Crippen LogP contribution >= 0.6 is 0 Å². The van der Waals surface area contributed by atoms with Crippen molar-refractivity contribution in [2.45, 2.75) is 45.7 Å². The first-order chi connectivity index (χ1) is 12.4. The maximum absolute atomic E-state index is 12.9. The number of aryl methyl sites for hydroxylation is 1. The van der Waals surface area contributed by atoms with E-state index in [0.717, 1.165) is 24.0 Å². The summed E-state index contributed by atoms with van der Waals surface area (Å²) in [7, 11) is 0. The minimum absolute atomic E-state index is 0.105. The molecule has 2 aromatic carbocycles. The molecule has 0 aromatic heterocycles. The fraction of sp³-hybridized carbons (Fsp3) is 0.350. The Morgan fingerprint density at radius 2 is 1.88 bits per heavy atom. The van der Waals surface area contributed by atoms with Crippen molar-refractivity contribution >= 4 is 17.3 Å². The maximum Gasteiger partial charge on any atom is 0.293 e. The highest BCUT2D eigenvalue weighted by atomic mass is 16.6. The second kappa shape index (κ2) is 9.10. The molecule has 6 nitrogen and oxygen atoms in total. The molecule has 0 bridgehead atoms. The molecule has 0 saturated heterocycles. The summed E-state index contributed by atoms with van der Waals surface area (Å²) in [5.41, 5.74) is 1.69. The van der Waals surface area contributed by atoms with E-state index in [0.29, 0.717) is 0 Å². The molecule has 2 N–H and O–H groups in total. The van der Waals surface area contributed by atoms with Gasteiger partial charge in [-0.1, -0.05) is 49.7 Å². The number of carbonyl (C=O) groups excluding carboxylic acids is 1. The molecule has 0 heterocycles. The SMILES string of the molecule is CCC[C@H](C)N[C@H](C(=O)Nc1ccc(C)cc1[N+](=O)[O-])c1ccccc1. The minimum Gasteiger partial charge on any atom is -0.319 e. The zero-order chi connectivity index (χ0) is 19.1. The van der Waals surface area contributed by atoms with Gasteiger partial charge in [0.15, 0.2) is 0 Å². The first kappa shape index (κ1) is 19.6. The summed E-state index contributed by atoms with van der Waals surface area (Å²) in [5.74, 6) is -0.314. The second-order valence-corrected chi connectivity index (χ2v) is 6.47. The Morgan fingerprint density at radius 3 is 2.50 bits per heavy atom. The largest absolute Gasteiger partial charge is 0.319 e. The lowest BCUT2D eigenvalue weighted by atomic mass is 10.0. The average molecular weight is 355 g/mol. The Bertz CT molecular complexity index is 762. The van der Waals surface area contributed by atoms with Crippen LogP contribution in [0, 0.1) is 17.0 Å². The fourth-order valence-corrected chi connectivity index (χ4v) is 2.87. The molecule has 1 amide bonds. The summed E-state index contributed by atoms with van der Waals surface area (Å²) in [5, 5.41) is 17.4. The first-order valence-corrected chi connectivity index (χ1v) is 8.79. The van der Waals surface area contributed by atoms with Crippen molar-refractivity contribution in [3.05, 3.63) is 69.8 Å². The summed E-state index contributed by atoms with van der Waals surface area (Å²) >= 11 is 0. The molecular formula is C20H25N3O3.